The summed E-state index contributed by atoms with van der Waals surface area (Å²) in [7, 11) is 0. The Balaban J connectivity index is 0.989. The van der Waals surface area contributed by atoms with Crippen LogP contribution in [-0.2, 0) is 44.9 Å². The number of aromatic hydroxyl groups is 2. The summed E-state index contributed by atoms with van der Waals surface area (Å²) in [6, 6.07) is 9.52. The minimum Gasteiger partial charge on any atom is -0.508 e. The van der Waals surface area contributed by atoms with Crippen molar-refractivity contribution in [3.8, 4) is 11.5 Å². The number of aliphatic carboxylic acids is 4. The highest BCUT2D eigenvalue weighted by Gasteiger charge is 2.61. The van der Waals surface area contributed by atoms with Gasteiger partial charge in [0.2, 0.25) is 0 Å². The number of aryl methyl sites for hydroxylation is 4. The molecule has 0 saturated heterocycles. The van der Waals surface area contributed by atoms with E-state index in [0.29, 0.717) is 19.3 Å². The molecule has 0 heterocycles. The molecule has 0 bridgehead atoms. The smallest absolute Gasteiger partial charge is 0.310 e. The van der Waals surface area contributed by atoms with Crippen LogP contribution < -0.4 is 0 Å². The first kappa shape index (κ1) is 45.4. The maximum atomic E-state index is 12.8. The van der Waals surface area contributed by atoms with Gasteiger partial charge in [-0.25, -0.2) is 0 Å². The quantitative estimate of drug-likeness (QED) is 0.0399. The molecule has 6 N–H and O–H groups in total. The summed E-state index contributed by atoms with van der Waals surface area (Å²) in [5, 5.41) is 60.6. The highest BCUT2D eigenvalue weighted by Crippen LogP contribution is 2.64. The predicted molar refractivity (Wildman–Crippen MR) is 229 cm³/mol. The molecule has 4 aliphatic rings. The third-order valence-electron chi connectivity index (χ3n) is 15.2. The summed E-state index contributed by atoms with van der Waals surface area (Å²) in [6.45, 7) is 0. The van der Waals surface area contributed by atoms with E-state index in [2.05, 4.69) is 6.07 Å². The number of benzene rings is 2. The fourth-order valence-corrected chi connectivity index (χ4v) is 10.2. The lowest BCUT2D eigenvalue weighted by Gasteiger charge is -2.17. The van der Waals surface area contributed by atoms with Gasteiger partial charge in [-0.2, -0.15) is 0 Å². The molecule has 60 heavy (non-hydrogen) atoms. The number of unbranched alkanes of at least 4 members (excludes halogenated alkanes) is 10. The van der Waals surface area contributed by atoms with Gasteiger partial charge in [-0.15, -0.1) is 0 Å². The van der Waals surface area contributed by atoms with Gasteiger partial charge in [0.05, 0.1) is 21.7 Å². The van der Waals surface area contributed by atoms with Crippen LogP contribution >= 0.6 is 0 Å². The molecule has 4 fully saturated rings. The second-order valence-electron chi connectivity index (χ2n) is 19.6. The van der Waals surface area contributed by atoms with Crippen LogP contribution in [0.3, 0.4) is 0 Å². The first-order valence-corrected chi connectivity index (χ1v) is 23.3. The van der Waals surface area contributed by atoms with Crippen LogP contribution in [0.5, 0.6) is 11.5 Å². The van der Waals surface area contributed by atoms with Gasteiger partial charge in [-0.05, 0) is 168 Å². The molecular weight excluding hydrogens is 761 g/mol. The fourth-order valence-electron chi connectivity index (χ4n) is 10.2. The average Bonchev–Trinajstić information content (AvgIpc) is 4.02. The zero-order valence-electron chi connectivity index (χ0n) is 35.8. The van der Waals surface area contributed by atoms with Gasteiger partial charge in [0.1, 0.15) is 11.5 Å². The van der Waals surface area contributed by atoms with E-state index >= 15 is 0 Å². The lowest BCUT2D eigenvalue weighted by Crippen LogP contribution is -2.17. The van der Waals surface area contributed by atoms with Crippen molar-refractivity contribution in [1.82, 2.24) is 0 Å². The molecule has 0 amide bonds. The molecule has 4 aliphatic carbocycles. The Morgan fingerprint density at radius 1 is 0.450 bits per heavy atom. The van der Waals surface area contributed by atoms with Crippen LogP contribution in [0, 0.1) is 21.7 Å². The van der Waals surface area contributed by atoms with Crippen molar-refractivity contribution in [2.75, 3.05) is 0 Å². The van der Waals surface area contributed by atoms with E-state index in [0.717, 1.165) is 189 Å². The van der Waals surface area contributed by atoms with Crippen molar-refractivity contribution >= 4 is 23.9 Å². The van der Waals surface area contributed by atoms with Gasteiger partial charge < -0.3 is 30.6 Å². The zero-order valence-corrected chi connectivity index (χ0v) is 35.8. The Morgan fingerprint density at radius 3 is 1.27 bits per heavy atom. The predicted octanol–water partition coefficient (Wildman–Crippen LogP) is 11.1. The van der Waals surface area contributed by atoms with Gasteiger partial charge in [0, 0.05) is 5.92 Å². The number of carboxylic acids is 4. The molecule has 0 aromatic heterocycles. The largest absolute Gasteiger partial charge is 0.508 e. The summed E-state index contributed by atoms with van der Waals surface area (Å²) < 4.78 is 0. The van der Waals surface area contributed by atoms with Gasteiger partial charge >= 0.3 is 23.9 Å². The minimum atomic E-state index is -0.893. The van der Waals surface area contributed by atoms with Crippen LogP contribution in [0.1, 0.15) is 194 Å². The highest BCUT2D eigenvalue weighted by atomic mass is 16.4. The Morgan fingerprint density at radius 2 is 0.833 bits per heavy atom. The third-order valence-corrected chi connectivity index (χ3v) is 15.2. The number of phenols is 2. The monoisotopic (exact) mass is 830 g/mol. The average molecular weight is 831 g/mol. The number of rotatable bonds is 31. The second kappa shape index (κ2) is 19.7. The van der Waals surface area contributed by atoms with Crippen molar-refractivity contribution in [3.63, 3.8) is 0 Å². The standard InChI is InChI=1S/C50H70O10/c51-39-20-19-35(36(31-39)16-7-1-3-11-21-47(25-26-47)43(53)54)15-9-6-14-24-50(46(59)60)34-41(50)40-32-37(17-8-2-4-12-22-48(27-28-48)44(55)56)38(33-42(40)52)18-10-5-13-23-49(29-30-49)45(57)58/h19-20,31-33,41,51-52H,1-18,21-30,34H2,(H,53,54)(H,55,56)(H,57,58)(H,59,60). The first-order valence-electron chi connectivity index (χ1n) is 23.3. The fraction of sp³-hybridized carbons (Fsp3) is 0.680. The zero-order chi connectivity index (χ0) is 43.0. The Hall–Kier alpha value is -4.08. The van der Waals surface area contributed by atoms with Crippen molar-refractivity contribution < 1.29 is 49.8 Å². The Kier molecular flexibility index (Phi) is 15.0. The van der Waals surface area contributed by atoms with E-state index in [4.69, 9.17) is 0 Å². The Labute approximate surface area is 356 Å². The molecule has 0 aliphatic heterocycles. The van der Waals surface area contributed by atoms with Gasteiger partial charge in [0.15, 0.2) is 0 Å². The van der Waals surface area contributed by atoms with Gasteiger partial charge in [-0.3, -0.25) is 19.2 Å². The van der Waals surface area contributed by atoms with Crippen LogP contribution in [0.25, 0.3) is 0 Å². The second-order valence-corrected chi connectivity index (χ2v) is 19.6. The Bertz CT molecular complexity index is 1840. The highest BCUT2D eigenvalue weighted by molar-refractivity contribution is 5.81. The van der Waals surface area contributed by atoms with E-state index in [-0.39, 0.29) is 17.4 Å². The topological polar surface area (TPSA) is 190 Å². The summed E-state index contributed by atoms with van der Waals surface area (Å²) >= 11 is 0. The molecule has 10 nitrogen and oxygen atoms in total. The molecular formula is C50H70O10. The lowest BCUT2D eigenvalue weighted by molar-refractivity contribution is -0.144. The maximum Gasteiger partial charge on any atom is 0.310 e. The number of phenolic OH excluding ortho intramolecular Hbond substituents is 2. The molecule has 2 aromatic rings. The van der Waals surface area contributed by atoms with Crippen LogP contribution in [-0.4, -0.2) is 54.5 Å². The van der Waals surface area contributed by atoms with Crippen LogP contribution in [0.2, 0.25) is 0 Å². The normalized spacial score (nSPS) is 21.3. The van der Waals surface area contributed by atoms with Crippen molar-refractivity contribution in [2.45, 2.75) is 192 Å². The van der Waals surface area contributed by atoms with Crippen LogP contribution in [0.15, 0.2) is 30.3 Å². The summed E-state index contributed by atoms with van der Waals surface area (Å²) in [4.78, 5) is 47.5. The number of hydrogen-bond donors (Lipinski definition) is 6. The third kappa shape index (κ3) is 11.4. The van der Waals surface area contributed by atoms with E-state index in [9.17, 15) is 49.8 Å². The van der Waals surface area contributed by atoms with Crippen molar-refractivity contribution in [1.29, 1.82) is 0 Å². The molecule has 0 radical (unpaired) electrons. The van der Waals surface area contributed by atoms with Gasteiger partial charge in [-0.1, -0.05) is 76.3 Å². The minimum absolute atomic E-state index is 0.167. The first-order chi connectivity index (χ1) is 28.7. The van der Waals surface area contributed by atoms with Gasteiger partial charge in [0.25, 0.3) is 0 Å². The maximum absolute atomic E-state index is 12.8. The molecule has 0 spiro atoms. The number of carbonyl (C=O) groups is 4. The molecule has 4 saturated carbocycles. The summed E-state index contributed by atoms with van der Waals surface area (Å²) in [6.07, 6.45) is 24.2. The molecule has 10 heteroatoms. The number of carboxylic acid groups (broad SMARTS) is 4. The summed E-state index contributed by atoms with van der Waals surface area (Å²) in [5.41, 5.74) is 2.96. The number of hydrogen-bond acceptors (Lipinski definition) is 6. The lowest BCUT2D eigenvalue weighted by atomic mass is 9.88. The van der Waals surface area contributed by atoms with E-state index < -0.39 is 45.5 Å². The molecule has 330 valence electrons. The van der Waals surface area contributed by atoms with E-state index in [1.54, 1.807) is 6.07 Å². The SMILES string of the molecule is O=C(O)C1(CCCCCCc2cc(C3CC3(CCCCCc3ccc(O)cc3CCCCCCC3(C(=O)O)CC3)C(=O)O)c(O)cc2CCCCCC2(C(=O)O)CC2)CC1. The van der Waals surface area contributed by atoms with Crippen molar-refractivity contribution in [3.05, 3.63) is 58.1 Å². The molecule has 6 rings (SSSR count). The summed E-state index contributed by atoms with van der Waals surface area (Å²) in [5.74, 6) is -2.64. The molecule has 2 aromatic carbocycles. The molecule has 2 unspecified atom stereocenters. The van der Waals surface area contributed by atoms with Crippen LogP contribution in [0.4, 0.5) is 0 Å². The van der Waals surface area contributed by atoms with E-state index in [1.165, 1.54) is 5.56 Å². The van der Waals surface area contributed by atoms with E-state index in [1.807, 2.05) is 18.2 Å². The molecule has 2 atom stereocenters. The van der Waals surface area contributed by atoms with Crippen molar-refractivity contribution in [2.24, 2.45) is 21.7 Å².